The van der Waals surface area contributed by atoms with Crippen LogP contribution in [0.25, 0.3) is 11.4 Å². The summed E-state index contributed by atoms with van der Waals surface area (Å²) in [7, 11) is 1.67. The Labute approximate surface area is 105 Å². The molecule has 0 aliphatic carbocycles. The van der Waals surface area contributed by atoms with Crippen molar-refractivity contribution in [1.82, 2.24) is 20.2 Å². The quantitative estimate of drug-likeness (QED) is 0.591. The van der Waals surface area contributed by atoms with Gasteiger partial charge in [-0.1, -0.05) is 0 Å². The SMILES string of the molecule is COCCCn1nnnc1-c1ccc(N)cc1N. The van der Waals surface area contributed by atoms with Crippen LogP contribution in [0.3, 0.4) is 0 Å². The van der Waals surface area contributed by atoms with Gasteiger partial charge in [-0.15, -0.1) is 5.10 Å². The first kappa shape index (κ1) is 12.3. The number of benzene rings is 1. The summed E-state index contributed by atoms with van der Waals surface area (Å²) < 4.78 is 6.71. The lowest BCUT2D eigenvalue weighted by Crippen LogP contribution is -2.06. The molecule has 0 unspecified atom stereocenters. The summed E-state index contributed by atoms with van der Waals surface area (Å²) in [6.45, 7) is 1.34. The number of nitrogens with two attached hydrogens (primary N) is 2. The van der Waals surface area contributed by atoms with Crippen LogP contribution >= 0.6 is 0 Å². The third kappa shape index (κ3) is 2.57. The first-order valence-electron chi connectivity index (χ1n) is 5.63. The van der Waals surface area contributed by atoms with E-state index in [0.29, 0.717) is 30.4 Å². The standard InChI is InChI=1S/C11H16N6O/c1-18-6-2-5-17-11(14-15-16-17)9-4-3-8(12)7-10(9)13/h3-4,7H,2,5-6,12-13H2,1H3. The van der Waals surface area contributed by atoms with Gasteiger partial charge in [0.25, 0.3) is 0 Å². The molecule has 0 saturated heterocycles. The number of tetrazole rings is 1. The van der Waals surface area contributed by atoms with E-state index in [1.807, 2.05) is 6.07 Å². The van der Waals surface area contributed by atoms with Crippen LogP contribution in [-0.4, -0.2) is 33.9 Å². The maximum atomic E-state index is 5.92. The normalized spacial score (nSPS) is 10.7. The fourth-order valence-corrected chi connectivity index (χ4v) is 1.69. The molecule has 7 nitrogen and oxygen atoms in total. The summed E-state index contributed by atoms with van der Waals surface area (Å²) in [6, 6.07) is 5.30. The molecule has 0 amide bonds. The molecular weight excluding hydrogens is 232 g/mol. The molecule has 1 aromatic heterocycles. The maximum Gasteiger partial charge on any atom is 0.184 e. The number of nitrogen functional groups attached to an aromatic ring is 2. The predicted octanol–water partition coefficient (Wildman–Crippen LogP) is 0.541. The monoisotopic (exact) mass is 248 g/mol. The highest BCUT2D eigenvalue weighted by atomic mass is 16.5. The van der Waals surface area contributed by atoms with Gasteiger partial charge in [0.15, 0.2) is 5.82 Å². The molecule has 1 aromatic carbocycles. The van der Waals surface area contributed by atoms with Crippen molar-refractivity contribution in [2.75, 3.05) is 25.2 Å². The van der Waals surface area contributed by atoms with Crippen molar-refractivity contribution in [3.05, 3.63) is 18.2 Å². The topological polar surface area (TPSA) is 105 Å². The Bertz CT molecular complexity index is 524. The summed E-state index contributed by atoms with van der Waals surface area (Å²) in [6.07, 6.45) is 0.837. The van der Waals surface area contributed by atoms with E-state index in [-0.39, 0.29) is 0 Å². The minimum atomic E-state index is 0.567. The van der Waals surface area contributed by atoms with Crippen molar-refractivity contribution in [2.24, 2.45) is 0 Å². The molecule has 0 aliphatic heterocycles. The van der Waals surface area contributed by atoms with E-state index in [9.17, 15) is 0 Å². The molecular formula is C11H16N6O. The molecule has 1 heterocycles. The van der Waals surface area contributed by atoms with Crippen LogP contribution in [0.15, 0.2) is 18.2 Å². The molecule has 2 rings (SSSR count). The van der Waals surface area contributed by atoms with Gasteiger partial charge in [0.1, 0.15) is 0 Å². The van der Waals surface area contributed by atoms with Gasteiger partial charge in [0.05, 0.1) is 0 Å². The lowest BCUT2D eigenvalue weighted by molar-refractivity contribution is 0.189. The second-order valence-corrected chi connectivity index (χ2v) is 3.92. The maximum absolute atomic E-state index is 5.92. The number of aryl methyl sites for hydroxylation is 1. The van der Waals surface area contributed by atoms with Gasteiger partial charge < -0.3 is 16.2 Å². The molecule has 0 bridgehead atoms. The third-order valence-electron chi connectivity index (χ3n) is 2.57. The summed E-state index contributed by atoms with van der Waals surface area (Å²) in [5.74, 6) is 0.642. The average molecular weight is 248 g/mol. The Balaban J connectivity index is 2.25. The highest BCUT2D eigenvalue weighted by Gasteiger charge is 2.11. The van der Waals surface area contributed by atoms with Gasteiger partial charge in [-0.25, -0.2) is 4.68 Å². The summed E-state index contributed by atoms with van der Waals surface area (Å²) in [4.78, 5) is 0. The Morgan fingerprint density at radius 2 is 2.17 bits per heavy atom. The van der Waals surface area contributed by atoms with Crippen LogP contribution in [0, 0.1) is 0 Å². The van der Waals surface area contributed by atoms with Crippen molar-refractivity contribution in [2.45, 2.75) is 13.0 Å². The molecule has 0 radical (unpaired) electrons. The zero-order valence-electron chi connectivity index (χ0n) is 10.2. The molecule has 2 aromatic rings. The molecule has 0 atom stereocenters. The van der Waals surface area contributed by atoms with E-state index < -0.39 is 0 Å². The van der Waals surface area contributed by atoms with Gasteiger partial charge in [-0.05, 0) is 35.0 Å². The van der Waals surface area contributed by atoms with E-state index >= 15 is 0 Å². The van der Waals surface area contributed by atoms with Crippen LogP contribution in [0.5, 0.6) is 0 Å². The van der Waals surface area contributed by atoms with E-state index in [0.717, 1.165) is 12.0 Å². The van der Waals surface area contributed by atoms with Crippen molar-refractivity contribution in [3.8, 4) is 11.4 Å². The fourth-order valence-electron chi connectivity index (χ4n) is 1.69. The Kier molecular flexibility index (Phi) is 3.73. The van der Waals surface area contributed by atoms with E-state index in [1.165, 1.54) is 0 Å². The van der Waals surface area contributed by atoms with Crippen molar-refractivity contribution >= 4 is 11.4 Å². The van der Waals surface area contributed by atoms with Gasteiger partial charge in [-0.2, -0.15) is 0 Å². The first-order valence-corrected chi connectivity index (χ1v) is 5.63. The molecule has 96 valence electrons. The molecule has 0 saturated carbocycles. The lowest BCUT2D eigenvalue weighted by Gasteiger charge is -2.07. The first-order chi connectivity index (χ1) is 8.72. The van der Waals surface area contributed by atoms with Gasteiger partial charge in [0, 0.05) is 37.2 Å². The zero-order valence-corrected chi connectivity index (χ0v) is 10.2. The van der Waals surface area contributed by atoms with E-state index in [1.54, 1.807) is 23.9 Å². The van der Waals surface area contributed by atoms with Crippen LogP contribution < -0.4 is 11.5 Å². The summed E-state index contributed by atoms with van der Waals surface area (Å²) in [5.41, 5.74) is 13.6. The Morgan fingerprint density at radius 3 is 2.89 bits per heavy atom. The number of anilines is 2. The average Bonchev–Trinajstić information content (AvgIpc) is 2.78. The van der Waals surface area contributed by atoms with Crippen LogP contribution in [-0.2, 0) is 11.3 Å². The van der Waals surface area contributed by atoms with E-state index in [2.05, 4.69) is 15.5 Å². The van der Waals surface area contributed by atoms with Gasteiger partial charge in [-0.3, -0.25) is 0 Å². The number of nitrogens with zero attached hydrogens (tertiary/aromatic N) is 4. The second-order valence-electron chi connectivity index (χ2n) is 3.92. The minimum Gasteiger partial charge on any atom is -0.399 e. The van der Waals surface area contributed by atoms with Crippen molar-refractivity contribution < 1.29 is 4.74 Å². The fraction of sp³-hybridized carbons (Fsp3) is 0.364. The Hall–Kier alpha value is -2.15. The molecule has 7 heteroatoms. The third-order valence-corrected chi connectivity index (χ3v) is 2.57. The number of hydrogen-bond donors (Lipinski definition) is 2. The number of rotatable bonds is 5. The van der Waals surface area contributed by atoms with E-state index in [4.69, 9.17) is 16.2 Å². The molecule has 0 spiro atoms. The van der Waals surface area contributed by atoms with Gasteiger partial charge in [0.2, 0.25) is 0 Å². The molecule has 4 N–H and O–H groups in total. The van der Waals surface area contributed by atoms with Crippen molar-refractivity contribution in [1.29, 1.82) is 0 Å². The van der Waals surface area contributed by atoms with Gasteiger partial charge >= 0.3 is 0 Å². The van der Waals surface area contributed by atoms with Crippen LogP contribution in [0.1, 0.15) is 6.42 Å². The minimum absolute atomic E-state index is 0.567. The largest absolute Gasteiger partial charge is 0.399 e. The zero-order chi connectivity index (χ0) is 13.0. The smallest absolute Gasteiger partial charge is 0.184 e. The highest BCUT2D eigenvalue weighted by Crippen LogP contribution is 2.25. The second kappa shape index (κ2) is 5.46. The predicted molar refractivity (Wildman–Crippen MR) is 68.6 cm³/mol. The number of ether oxygens (including phenoxy) is 1. The summed E-state index contributed by atoms with van der Waals surface area (Å²) in [5, 5.41) is 11.6. The lowest BCUT2D eigenvalue weighted by atomic mass is 10.1. The Morgan fingerprint density at radius 1 is 1.33 bits per heavy atom. The summed E-state index contributed by atoms with van der Waals surface area (Å²) >= 11 is 0. The molecule has 0 aliphatic rings. The van der Waals surface area contributed by atoms with Crippen LogP contribution in [0.2, 0.25) is 0 Å². The van der Waals surface area contributed by atoms with Crippen LogP contribution in [0.4, 0.5) is 11.4 Å². The number of hydrogen-bond acceptors (Lipinski definition) is 6. The van der Waals surface area contributed by atoms with Crippen molar-refractivity contribution in [3.63, 3.8) is 0 Å². The number of aromatic nitrogens is 4. The molecule has 0 fully saturated rings. The number of methoxy groups -OCH3 is 1. The molecule has 18 heavy (non-hydrogen) atoms. The highest BCUT2D eigenvalue weighted by molar-refractivity contribution is 5.74.